The van der Waals surface area contributed by atoms with Crippen LogP contribution in [0.25, 0.3) is 28.0 Å². The standard InChI is InChI=1S/C55H64FN7O2/c1-12-55(9)44-27-48-52-43(30-63(48)54(65)42(44)24-26-49(55)64)51-46(25-23-41-34(6)45(56)28-47(61-52)50(41)51)60-32(4)13-14-37-15-19-40(20-16-37)59-33(5)29-58-35(7)53(31(2)3)62(11)36(8)38-17-21-39(57-10)22-18-38/h15-22,27-28,31,46,53,57-60H,4-5,7-8,12-14,23-26,29-30H2,1-3,6,9-11H3/t46?,53?,55-/m1/s1. The third kappa shape index (κ3) is 8.28. The van der Waals surface area contributed by atoms with Crippen molar-refractivity contribution in [2.75, 3.05) is 31.3 Å². The van der Waals surface area contributed by atoms with Crippen molar-refractivity contribution in [2.24, 2.45) is 5.92 Å². The Morgan fingerprint density at radius 3 is 2.34 bits per heavy atom. The fraction of sp³-hybridized carbons (Fsp3) is 0.364. The van der Waals surface area contributed by atoms with E-state index in [4.69, 9.17) is 4.98 Å². The van der Waals surface area contributed by atoms with Crippen LogP contribution >= 0.6 is 0 Å². The maximum atomic E-state index is 15.5. The molecule has 1 aliphatic heterocycles. The van der Waals surface area contributed by atoms with Crippen LogP contribution in [0.2, 0.25) is 0 Å². The van der Waals surface area contributed by atoms with Gasteiger partial charge in [0.15, 0.2) is 0 Å². The molecule has 4 N–H and O–H groups in total. The van der Waals surface area contributed by atoms with Crippen molar-refractivity contribution in [3.05, 3.63) is 165 Å². The normalized spacial score (nSPS) is 17.5. The number of halogens is 1. The van der Waals surface area contributed by atoms with Crippen molar-refractivity contribution in [3.63, 3.8) is 0 Å². The zero-order valence-corrected chi connectivity index (χ0v) is 39.2. The van der Waals surface area contributed by atoms with Crippen LogP contribution < -0.4 is 26.8 Å². The molecule has 0 radical (unpaired) electrons. The second-order valence-corrected chi connectivity index (χ2v) is 18.8. The van der Waals surface area contributed by atoms with E-state index in [9.17, 15) is 9.59 Å². The van der Waals surface area contributed by atoms with Gasteiger partial charge in [0.2, 0.25) is 0 Å². The van der Waals surface area contributed by atoms with Gasteiger partial charge >= 0.3 is 0 Å². The predicted molar refractivity (Wildman–Crippen MR) is 266 cm³/mol. The van der Waals surface area contributed by atoms with Gasteiger partial charge in [0.25, 0.3) is 5.56 Å². The fourth-order valence-corrected chi connectivity index (χ4v) is 10.5. The lowest BCUT2D eigenvalue weighted by Gasteiger charge is -2.36. The minimum absolute atomic E-state index is 0.0250. The van der Waals surface area contributed by atoms with Gasteiger partial charge in [-0.05, 0) is 122 Å². The number of ketones is 1. The van der Waals surface area contributed by atoms with Gasteiger partial charge in [-0.15, -0.1) is 0 Å². The van der Waals surface area contributed by atoms with Crippen molar-refractivity contribution >= 4 is 33.8 Å². The van der Waals surface area contributed by atoms with Gasteiger partial charge in [0.05, 0.1) is 47.5 Å². The van der Waals surface area contributed by atoms with Gasteiger partial charge < -0.3 is 30.7 Å². The average Bonchev–Trinajstić information content (AvgIpc) is 3.67. The van der Waals surface area contributed by atoms with Gasteiger partial charge in [-0.2, -0.15) is 0 Å². The highest BCUT2D eigenvalue weighted by Gasteiger charge is 2.42. The van der Waals surface area contributed by atoms with E-state index in [2.05, 4.69) is 122 Å². The quantitative estimate of drug-likeness (QED) is 0.0719. The van der Waals surface area contributed by atoms with Crippen molar-refractivity contribution in [2.45, 2.75) is 104 Å². The molecule has 338 valence electrons. The van der Waals surface area contributed by atoms with Crippen molar-refractivity contribution in [1.82, 2.24) is 25.1 Å². The summed E-state index contributed by atoms with van der Waals surface area (Å²) in [7, 11) is 3.98. The smallest absolute Gasteiger partial charge is 0.254 e. The van der Waals surface area contributed by atoms with E-state index in [0.717, 1.165) is 92.2 Å². The number of anilines is 2. The molecular formula is C55H64FN7O2. The highest BCUT2D eigenvalue weighted by atomic mass is 19.1. The number of carbonyl (C=O) groups is 1. The summed E-state index contributed by atoms with van der Waals surface area (Å²) in [4.78, 5) is 34.8. The molecule has 0 amide bonds. The van der Waals surface area contributed by atoms with Crippen molar-refractivity contribution in [1.29, 1.82) is 0 Å². The molecule has 8 rings (SSSR count). The molecule has 3 heterocycles. The molecule has 3 aromatic carbocycles. The number of rotatable bonds is 17. The molecule has 0 saturated carbocycles. The minimum atomic E-state index is -0.722. The highest BCUT2D eigenvalue weighted by Crippen LogP contribution is 2.46. The monoisotopic (exact) mass is 874 g/mol. The third-order valence-electron chi connectivity index (χ3n) is 14.5. The van der Waals surface area contributed by atoms with Crippen LogP contribution in [-0.2, 0) is 36.0 Å². The van der Waals surface area contributed by atoms with Crippen LogP contribution in [0.1, 0.15) is 104 Å². The second-order valence-electron chi connectivity index (χ2n) is 18.8. The number of hydrogen-bond acceptors (Lipinski definition) is 8. The maximum Gasteiger partial charge on any atom is 0.254 e. The molecule has 2 unspecified atom stereocenters. The Morgan fingerprint density at radius 1 is 0.954 bits per heavy atom. The molecule has 2 aromatic heterocycles. The topological polar surface area (TPSA) is 103 Å². The summed E-state index contributed by atoms with van der Waals surface area (Å²) in [6.45, 7) is 28.7. The lowest BCUT2D eigenvalue weighted by Crippen LogP contribution is -2.41. The Balaban J connectivity index is 0.921. The van der Waals surface area contributed by atoms with Crippen LogP contribution in [0.5, 0.6) is 0 Å². The van der Waals surface area contributed by atoms with Gasteiger partial charge in [-0.3, -0.25) is 9.59 Å². The Bertz CT molecular complexity index is 2820. The molecule has 9 nitrogen and oxygen atoms in total. The van der Waals surface area contributed by atoms with Gasteiger partial charge in [-0.25, -0.2) is 9.37 Å². The number of aromatic nitrogens is 2. The van der Waals surface area contributed by atoms with Crippen LogP contribution in [0.15, 0.2) is 109 Å². The highest BCUT2D eigenvalue weighted by molar-refractivity contribution is 5.94. The Labute approximate surface area is 383 Å². The maximum absolute atomic E-state index is 15.5. The van der Waals surface area contributed by atoms with Gasteiger partial charge in [-0.1, -0.05) is 71.4 Å². The van der Waals surface area contributed by atoms with E-state index in [0.29, 0.717) is 67.2 Å². The number of pyridine rings is 2. The number of nitrogens with one attached hydrogen (secondary N) is 4. The van der Waals surface area contributed by atoms with E-state index < -0.39 is 5.41 Å². The fourth-order valence-electron chi connectivity index (χ4n) is 10.5. The molecule has 65 heavy (non-hydrogen) atoms. The first-order valence-corrected chi connectivity index (χ1v) is 23.1. The Morgan fingerprint density at radius 2 is 1.66 bits per heavy atom. The number of hydrogen-bond donors (Lipinski definition) is 4. The number of nitrogens with zero attached hydrogens (tertiary/aromatic N) is 3. The molecule has 0 saturated heterocycles. The lowest BCUT2D eigenvalue weighted by atomic mass is 9.69. The van der Waals surface area contributed by atoms with Crippen LogP contribution in [-0.4, -0.2) is 46.9 Å². The minimum Gasteiger partial charge on any atom is -0.388 e. The average molecular weight is 874 g/mol. The molecule has 0 spiro atoms. The molecule has 5 aromatic rings. The number of allylic oxidation sites excluding steroid dienone is 1. The second kappa shape index (κ2) is 17.9. The number of aryl methyl sites for hydroxylation is 2. The molecule has 3 atom stereocenters. The van der Waals surface area contributed by atoms with Crippen molar-refractivity contribution < 1.29 is 9.18 Å². The summed E-state index contributed by atoms with van der Waals surface area (Å²) in [5, 5.41) is 14.9. The van der Waals surface area contributed by atoms with E-state index in [1.54, 1.807) is 6.07 Å². The van der Waals surface area contributed by atoms with Gasteiger partial charge in [0, 0.05) is 77.3 Å². The number of benzene rings is 3. The zero-order valence-electron chi connectivity index (χ0n) is 39.2. The number of likely N-dealkylation sites (N-methyl/N-ethyl adjacent to an activating group) is 1. The van der Waals surface area contributed by atoms with E-state index in [1.807, 2.05) is 38.5 Å². The summed E-state index contributed by atoms with van der Waals surface area (Å²) >= 11 is 0. The van der Waals surface area contributed by atoms with E-state index in [-0.39, 0.29) is 29.2 Å². The molecule has 2 aliphatic carbocycles. The summed E-state index contributed by atoms with van der Waals surface area (Å²) in [5.41, 5.74) is 14.3. The third-order valence-corrected chi connectivity index (χ3v) is 14.5. The molecule has 0 bridgehead atoms. The van der Waals surface area contributed by atoms with Crippen molar-refractivity contribution in [3.8, 4) is 11.4 Å². The first kappa shape index (κ1) is 45.2. The summed E-state index contributed by atoms with van der Waals surface area (Å²) in [6.07, 6.45) is 4.42. The molecule has 3 aliphatic rings. The van der Waals surface area contributed by atoms with E-state index in [1.165, 1.54) is 5.56 Å². The molecule has 10 heteroatoms. The Hall–Kier alpha value is -6.42. The van der Waals surface area contributed by atoms with Gasteiger partial charge in [0.1, 0.15) is 11.6 Å². The first-order chi connectivity index (χ1) is 31.0. The lowest BCUT2D eigenvalue weighted by molar-refractivity contribution is -0.124. The zero-order chi connectivity index (χ0) is 46.5. The number of carbonyl (C=O) groups excluding carboxylic acids is 1. The summed E-state index contributed by atoms with van der Waals surface area (Å²) in [6, 6.07) is 20.2. The van der Waals surface area contributed by atoms with Crippen LogP contribution in [0.4, 0.5) is 15.8 Å². The summed E-state index contributed by atoms with van der Waals surface area (Å²) < 4.78 is 17.3. The molecular weight excluding hydrogens is 810 g/mol. The predicted octanol–water partition coefficient (Wildman–Crippen LogP) is 10.5. The summed E-state index contributed by atoms with van der Waals surface area (Å²) in [5.74, 6) is 0.188. The first-order valence-electron chi connectivity index (χ1n) is 23.1. The molecule has 0 fully saturated rings. The Kier molecular flexibility index (Phi) is 12.4. The number of Topliss-reactive ketones (excluding diaryl/α,β-unsaturated/α-hetero) is 1. The SMILES string of the molecule is C=C(CNC(=C)C(C(C)C)N(C)C(=C)c1ccc(NC)cc1)Nc1ccc(CCC(=C)NC2CCc3c(C)c(F)cc4nc5c(c2c34)Cn2c-5cc3c(c2=O)CCC(=O)[C@]3(C)CC)cc1. The van der Waals surface area contributed by atoms with Crippen LogP contribution in [0, 0.1) is 18.7 Å². The van der Waals surface area contributed by atoms with E-state index >= 15 is 4.39 Å². The van der Waals surface area contributed by atoms with Crippen LogP contribution in [0.3, 0.4) is 0 Å². The number of fused-ring (bicyclic) bond motifs is 5. The largest absolute Gasteiger partial charge is 0.388 e.